The average molecular weight is 388 g/mol. The Morgan fingerprint density at radius 2 is 1.96 bits per heavy atom. The number of aromatic nitrogens is 2. The van der Waals surface area contributed by atoms with E-state index in [-0.39, 0.29) is 5.91 Å². The number of carbonyl (C=O) groups excluding carboxylic acids is 1. The third-order valence-corrected chi connectivity index (χ3v) is 7.27. The molecular weight excluding hydrogens is 358 g/mol. The molecule has 2 aromatic rings. The molecule has 1 unspecified atom stereocenters. The Morgan fingerprint density at radius 1 is 1.19 bits per heavy atom. The highest BCUT2D eigenvalue weighted by molar-refractivity contribution is 7.20. The smallest absolute Gasteiger partial charge is 0.264 e. The van der Waals surface area contributed by atoms with Crippen LogP contribution in [0.1, 0.15) is 48.3 Å². The standard InChI is InChI=1S/C20H29N5OS/c1-4-23-9-11-24(12-10-23)20(26)17-15(3)16-18(21-13-22-19(16)27-17)25-8-6-5-7-14(25)2/h13-14H,4-12H2,1-3H3. The van der Waals surface area contributed by atoms with Gasteiger partial charge in [0.25, 0.3) is 5.91 Å². The summed E-state index contributed by atoms with van der Waals surface area (Å²) >= 11 is 1.53. The van der Waals surface area contributed by atoms with Gasteiger partial charge in [-0.25, -0.2) is 9.97 Å². The number of piperazine rings is 1. The molecule has 0 N–H and O–H groups in total. The van der Waals surface area contributed by atoms with Crippen molar-refractivity contribution in [2.24, 2.45) is 0 Å². The van der Waals surface area contributed by atoms with Gasteiger partial charge in [-0.1, -0.05) is 6.92 Å². The van der Waals surface area contributed by atoms with Gasteiger partial charge < -0.3 is 14.7 Å². The van der Waals surface area contributed by atoms with E-state index in [1.165, 1.54) is 30.6 Å². The summed E-state index contributed by atoms with van der Waals surface area (Å²) in [5.74, 6) is 1.17. The quantitative estimate of drug-likeness (QED) is 0.810. The van der Waals surface area contributed by atoms with Crippen molar-refractivity contribution in [2.45, 2.75) is 46.1 Å². The monoisotopic (exact) mass is 387 g/mol. The second kappa shape index (κ2) is 7.72. The number of anilines is 1. The third kappa shape index (κ3) is 3.43. The molecule has 6 nitrogen and oxygen atoms in total. The van der Waals surface area contributed by atoms with Crippen molar-refractivity contribution in [2.75, 3.05) is 44.2 Å². The molecule has 0 bridgehead atoms. The topological polar surface area (TPSA) is 52.6 Å². The summed E-state index contributed by atoms with van der Waals surface area (Å²) in [7, 11) is 0. The molecule has 0 aromatic carbocycles. The first kappa shape index (κ1) is 18.6. The Labute approximate surface area is 165 Å². The molecule has 27 heavy (non-hydrogen) atoms. The molecule has 2 fully saturated rings. The molecule has 0 aliphatic carbocycles. The zero-order chi connectivity index (χ0) is 19.0. The molecule has 1 atom stereocenters. The summed E-state index contributed by atoms with van der Waals surface area (Å²) in [5.41, 5.74) is 1.05. The highest BCUT2D eigenvalue weighted by Crippen LogP contribution is 2.37. The van der Waals surface area contributed by atoms with Crippen LogP contribution in [-0.4, -0.2) is 71.0 Å². The van der Waals surface area contributed by atoms with E-state index >= 15 is 0 Å². The van der Waals surface area contributed by atoms with E-state index in [2.05, 4.69) is 40.5 Å². The van der Waals surface area contributed by atoms with Crippen LogP contribution in [0.25, 0.3) is 10.2 Å². The van der Waals surface area contributed by atoms with Gasteiger partial charge in [0.15, 0.2) is 0 Å². The Hall–Kier alpha value is -1.73. The average Bonchev–Trinajstić information content (AvgIpc) is 3.05. The molecule has 4 rings (SSSR count). The van der Waals surface area contributed by atoms with E-state index in [4.69, 9.17) is 0 Å². The van der Waals surface area contributed by atoms with Gasteiger partial charge in [-0.3, -0.25) is 4.79 Å². The van der Waals surface area contributed by atoms with Gasteiger partial charge in [0.2, 0.25) is 0 Å². The second-order valence-electron chi connectivity index (χ2n) is 7.70. The highest BCUT2D eigenvalue weighted by Gasteiger charge is 2.28. The van der Waals surface area contributed by atoms with Crippen molar-refractivity contribution in [3.63, 3.8) is 0 Å². The summed E-state index contributed by atoms with van der Waals surface area (Å²) in [6.07, 6.45) is 5.33. The number of piperidine rings is 1. The fraction of sp³-hybridized carbons (Fsp3) is 0.650. The van der Waals surface area contributed by atoms with Gasteiger partial charge in [0, 0.05) is 38.8 Å². The number of aryl methyl sites for hydroxylation is 1. The van der Waals surface area contributed by atoms with E-state index < -0.39 is 0 Å². The molecule has 1 amide bonds. The van der Waals surface area contributed by atoms with Crippen LogP contribution in [0.15, 0.2) is 6.33 Å². The molecular formula is C20H29N5OS. The maximum absolute atomic E-state index is 13.2. The number of carbonyl (C=O) groups is 1. The molecule has 2 saturated heterocycles. The van der Waals surface area contributed by atoms with E-state index in [1.54, 1.807) is 6.33 Å². The molecule has 0 saturated carbocycles. The Bertz CT molecular complexity index is 827. The fourth-order valence-electron chi connectivity index (χ4n) is 4.30. The van der Waals surface area contributed by atoms with Crippen LogP contribution in [0, 0.1) is 6.92 Å². The molecule has 0 spiro atoms. The van der Waals surface area contributed by atoms with Crippen LogP contribution in [0.3, 0.4) is 0 Å². The normalized spacial score (nSPS) is 21.8. The number of fused-ring (bicyclic) bond motifs is 1. The number of rotatable bonds is 3. The third-order valence-electron chi connectivity index (χ3n) is 6.08. The molecule has 146 valence electrons. The van der Waals surface area contributed by atoms with Crippen molar-refractivity contribution >= 4 is 33.3 Å². The van der Waals surface area contributed by atoms with E-state index in [1.807, 2.05) is 4.90 Å². The van der Waals surface area contributed by atoms with Crippen LogP contribution >= 0.6 is 11.3 Å². The van der Waals surface area contributed by atoms with Gasteiger partial charge in [-0.15, -0.1) is 11.3 Å². The summed E-state index contributed by atoms with van der Waals surface area (Å²) in [6.45, 7) is 12.1. The number of likely N-dealkylation sites (N-methyl/N-ethyl adjacent to an activating group) is 1. The Kier molecular flexibility index (Phi) is 5.32. The lowest BCUT2D eigenvalue weighted by Crippen LogP contribution is -2.48. The molecule has 4 heterocycles. The van der Waals surface area contributed by atoms with Crippen molar-refractivity contribution in [3.05, 3.63) is 16.8 Å². The lowest BCUT2D eigenvalue weighted by Gasteiger charge is -2.35. The minimum Gasteiger partial charge on any atom is -0.353 e. The number of hydrogen-bond acceptors (Lipinski definition) is 6. The number of amides is 1. The minimum atomic E-state index is 0.156. The lowest BCUT2D eigenvalue weighted by molar-refractivity contribution is 0.0647. The van der Waals surface area contributed by atoms with Gasteiger partial charge in [-0.2, -0.15) is 0 Å². The second-order valence-corrected chi connectivity index (χ2v) is 8.70. The zero-order valence-corrected chi connectivity index (χ0v) is 17.4. The highest BCUT2D eigenvalue weighted by atomic mass is 32.1. The minimum absolute atomic E-state index is 0.156. The van der Waals surface area contributed by atoms with Crippen LogP contribution in [0.2, 0.25) is 0 Å². The van der Waals surface area contributed by atoms with Crippen LogP contribution < -0.4 is 4.90 Å². The van der Waals surface area contributed by atoms with Gasteiger partial charge in [0.1, 0.15) is 17.0 Å². The van der Waals surface area contributed by atoms with Crippen LogP contribution in [-0.2, 0) is 0 Å². The maximum atomic E-state index is 13.2. The van der Waals surface area contributed by atoms with Crippen LogP contribution in [0.5, 0.6) is 0 Å². The van der Waals surface area contributed by atoms with Gasteiger partial charge >= 0.3 is 0 Å². The number of nitrogens with zero attached hydrogens (tertiary/aromatic N) is 5. The number of hydrogen-bond donors (Lipinski definition) is 0. The lowest BCUT2D eigenvalue weighted by atomic mass is 10.0. The fourth-order valence-corrected chi connectivity index (χ4v) is 5.41. The van der Waals surface area contributed by atoms with Gasteiger partial charge in [0.05, 0.1) is 10.3 Å². The van der Waals surface area contributed by atoms with E-state index in [0.717, 1.165) is 65.7 Å². The van der Waals surface area contributed by atoms with Crippen molar-refractivity contribution in [1.82, 2.24) is 19.8 Å². The van der Waals surface area contributed by atoms with Crippen molar-refractivity contribution in [1.29, 1.82) is 0 Å². The zero-order valence-electron chi connectivity index (χ0n) is 16.6. The molecule has 2 aliphatic rings. The van der Waals surface area contributed by atoms with E-state index in [0.29, 0.717) is 6.04 Å². The van der Waals surface area contributed by atoms with Gasteiger partial charge in [-0.05, 0) is 45.2 Å². The molecule has 2 aromatic heterocycles. The summed E-state index contributed by atoms with van der Waals surface area (Å²) in [4.78, 5) is 30.9. The molecule has 2 aliphatic heterocycles. The first-order valence-corrected chi connectivity index (χ1v) is 10.9. The predicted molar refractivity (Wildman–Crippen MR) is 111 cm³/mol. The predicted octanol–water partition coefficient (Wildman–Crippen LogP) is 3.16. The molecule has 0 radical (unpaired) electrons. The summed E-state index contributed by atoms with van der Waals surface area (Å²) in [5, 5.41) is 1.08. The largest absolute Gasteiger partial charge is 0.353 e. The number of thiophene rings is 1. The summed E-state index contributed by atoms with van der Waals surface area (Å²) < 4.78 is 0. The summed E-state index contributed by atoms with van der Waals surface area (Å²) in [6, 6.07) is 0.484. The van der Waals surface area contributed by atoms with Crippen molar-refractivity contribution in [3.8, 4) is 0 Å². The first-order valence-electron chi connectivity index (χ1n) is 10.1. The maximum Gasteiger partial charge on any atom is 0.264 e. The van der Waals surface area contributed by atoms with Crippen LogP contribution in [0.4, 0.5) is 5.82 Å². The first-order chi connectivity index (χ1) is 13.1. The SMILES string of the molecule is CCN1CCN(C(=O)c2sc3ncnc(N4CCCCC4C)c3c2C)CC1. The Morgan fingerprint density at radius 3 is 2.67 bits per heavy atom. The molecule has 7 heteroatoms. The van der Waals surface area contributed by atoms with E-state index in [9.17, 15) is 4.79 Å². The van der Waals surface area contributed by atoms with Crippen molar-refractivity contribution < 1.29 is 4.79 Å². The Balaban J connectivity index is 1.66.